The van der Waals surface area contributed by atoms with Crippen LogP contribution in [0, 0.1) is 0 Å². The van der Waals surface area contributed by atoms with Crippen molar-refractivity contribution in [3.63, 3.8) is 0 Å². The number of hydrogen-bond acceptors (Lipinski definition) is 3. The van der Waals surface area contributed by atoms with Crippen LogP contribution in [0.1, 0.15) is 47.1 Å². The molecule has 0 fully saturated rings. The number of fused-ring (bicyclic) bond motifs is 3. The van der Waals surface area contributed by atoms with Crippen LogP contribution in [0.2, 0.25) is 0 Å². The van der Waals surface area contributed by atoms with Gasteiger partial charge in [-0.3, -0.25) is 9.25 Å². The number of aromatic nitrogens is 6. The van der Waals surface area contributed by atoms with Crippen LogP contribution in [0.15, 0.2) is 43.0 Å². The summed E-state index contributed by atoms with van der Waals surface area (Å²) in [6, 6.07) is 6.54. The third kappa shape index (κ3) is 2.74. The first kappa shape index (κ1) is 17.9. The minimum Gasteiger partial charge on any atom is -0.344 e. The minimum atomic E-state index is -0.112. The minimum absolute atomic E-state index is 0.0744. The summed E-state index contributed by atoms with van der Waals surface area (Å²) in [5, 5.41) is 6.76. The van der Waals surface area contributed by atoms with Crippen LogP contribution in [-0.2, 0) is 11.0 Å². The van der Waals surface area contributed by atoms with E-state index in [1.165, 1.54) is 5.56 Å². The van der Waals surface area contributed by atoms with E-state index < -0.39 is 0 Å². The van der Waals surface area contributed by atoms with Gasteiger partial charge in [0.1, 0.15) is 16.8 Å². The molecule has 0 spiro atoms. The van der Waals surface area contributed by atoms with E-state index in [9.17, 15) is 0 Å². The molecular weight excluding hydrogens is 360 g/mol. The highest BCUT2D eigenvalue weighted by Crippen LogP contribution is 2.31. The Balaban J connectivity index is 1.73. The number of H-pyrrole nitrogens is 1. The second-order valence-electron chi connectivity index (χ2n) is 9.76. The molecule has 5 aromatic rings. The molecule has 0 radical (unpaired) electrons. The zero-order valence-corrected chi connectivity index (χ0v) is 17.8. The predicted octanol–water partition coefficient (Wildman–Crippen LogP) is 5.30. The Morgan fingerprint density at radius 1 is 1.00 bits per heavy atom. The van der Waals surface area contributed by atoms with Gasteiger partial charge in [0.05, 0.1) is 22.9 Å². The molecule has 5 heterocycles. The van der Waals surface area contributed by atoms with E-state index >= 15 is 0 Å². The fraction of sp³-hybridized carbons (Fsp3) is 0.348. The van der Waals surface area contributed by atoms with Gasteiger partial charge in [-0.05, 0) is 49.9 Å². The lowest BCUT2D eigenvalue weighted by molar-refractivity contribution is 0.368. The highest BCUT2D eigenvalue weighted by Gasteiger charge is 2.20. The fourth-order valence-corrected chi connectivity index (χ4v) is 3.84. The summed E-state index contributed by atoms with van der Waals surface area (Å²) >= 11 is 0. The van der Waals surface area contributed by atoms with Gasteiger partial charge in [0, 0.05) is 29.4 Å². The van der Waals surface area contributed by atoms with Gasteiger partial charge < -0.3 is 4.98 Å². The van der Waals surface area contributed by atoms with Crippen molar-refractivity contribution in [2.45, 2.75) is 52.5 Å². The van der Waals surface area contributed by atoms with Gasteiger partial charge in [-0.1, -0.05) is 20.8 Å². The van der Waals surface area contributed by atoms with Gasteiger partial charge in [-0.25, -0.2) is 9.97 Å². The van der Waals surface area contributed by atoms with E-state index in [0.29, 0.717) is 0 Å². The topological polar surface area (TPSA) is 64.3 Å². The summed E-state index contributed by atoms with van der Waals surface area (Å²) in [5.41, 5.74) is 5.97. The largest absolute Gasteiger partial charge is 0.344 e. The van der Waals surface area contributed by atoms with E-state index in [1.807, 2.05) is 23.3 Å². The van der Waals surface area contributed by atoms with Gasteiger partial charge in [0.2, 0.25) is 0 Å². The second kappa shape index (κ2) is 5.69. The molecule has 0 aromatic carbocycles. The lowest BCUT2D eigenvalue weighted by Gasteiger charge is -2.20. The quantitative estimate of drug-likeness (QED) is 0.425. The maximum Gasteiger partial charge on any atom is 0.144 e. The van der Waals surface area contributed by atoms with Crippen molar-refractivity contribution in [2.24, 2.45) is 0 Å². The molecule has 29 heavy (non-hydrogen) atoms. The monoisotopic (exact) mass is 386 g/mol. The normalized spacial score (nSPS) is 13.2. The van der Waals surface area contributed by atoms with Crippen molar-refractivity contribution in [1.29, 1.82) is 0 Å². The number of nitrogens with one attached hydrogen (secondary N) is 1. The summed E-state index contributed by atoms with van der Waals surface area (Å²) in [6.45, 7) is 13.1. The van der Waals surface area contributed by atoms with Crippen LogP contribution in [-0.4, -0.2) is 29.3 Å². The number of pyridine rings is 2. The highest BCUT2D eigenvalue weighted by atomic mass is 15.3. The van der Waals surface area contributed by atoms with Crippen molar-refractivity contribution >= 4 is 33.1 Å². The smallest absolute Gasteiger partial charge is 0.144 e. The lowest BCUT2D eigenvalue weighted by atomic mass is 9.88. The van der Waals surface area contributed by atoms with Gasteiger partial charge >= 0.3 is 0 Å². The van der Waals surface area contributed by atoms with Crippen LogP contribution in [0.5, 0.6) is 0 Å². The molecule has 0 saturated carbocycles. The number of rotatable bonds is 1. The van der Waals surface area contributed by atoms with Gasteiger partial charge in [0.15, 0.2) is 0 Å². The molecule has 0 atom stereocenters. The predicted molar refractivity (Wildman–Crippen MR) is 118 cm³/mol. The van der Waals surface area contributed by atoms with Crippen molar-refractivity contribution < 1.29 is 0 Å². The summed E-state index contributed by atoms with van der Waals surface area (Å²) in [6.07, 6.45) is 7.90. The van der Waals surface area contributed by atoms with Crippen molar-refractivity contribution in [1.82, 2.24) is 29.3 Å². The molecule has 0 aliphatic carbocycles. The zero-order chi connectivity index (χ0) is 20.6. The molecule has 0 aliphatic heterocycles. The second-order valence-corrected chi connectivity index (χ2v) is 9.76. The van der Waals surface area contributed by atoms with E-state index in [0.717, 1.165) is 38.8 Å². The standard InChI is InChI=1S/C23H26N6/c1-22(2,3)15-9-14-7-8-28(21(14)25-11-15)19-13-24-20-16(19)10-18-17(27-20)12-26-29(18)23(4,5)6/h7-13H,1-6H3,(H,24,27). The molecule has 0 unspecified atom stereocenters. The Hall–Kier alpha value is -3.15. The maximum absolute atomic E-state index is 4.80. The summed E-state index contributed by atoms with van der Waals surface area (Å²) in [7, 11) is 0. The summed E-state index contributed by atoms with van der Waals surface area (Å²) < 4.78 is 4.17. The Labute approximate surface area is 169 Å². The van der Waals surface area contributed by atoms with Crippen molar-refractivity contribution in [3.8, 4) is 5.69 Å². The molecule has 0 saturated heterocycles. The van der Waals surface area contributed by atoms with Crippen LogP contribution in [0.25, 0.3) is 38.8 Å². The lowest BCUT2D eigenvalue weighted by Crippen LogP contribution is -2.22. The molecule has 6 nitrogen and oxygen atoms in total. The summed E-state index contributed by atoms with van der Waals surface area (Å²) in [5.74, 6) is 0. The number of nitrogens with zero attached hydrogens (tertiary/aromatic N) is 5. The third-order valence-electron chi connectivity index (χ3n) is 5.46. The zero-order valence-electron chi connectivity index (χ0n) is 17.8. The molecule has 6 heteroatoms. The van der Waals surface area contributed by atoms with Crippen molar-refractivity contribution in [3.05, 3.63) is 48.5 Å². The van der Waals surface area contributed by atoms with E-state index in [-0.39, 0.29) is 11.0 Å². The molecule has 0 aliphatic rings. The van der Waals surface area contributed by atoms with Crippen LogP contribution < -0.4 is 0 Å². The van der Waals surface area contributed by atoms with Crippen LogP contribution in [0.4, 0.5) is 0 Å². The SMILES string of the molecule is CC(C)(C)c1cnc2c(ccn2-c2c[nH]c3nc4cnn(C(C)(C)C)c4cc23)c1. The molecule has 5 aromatic heterocycles. The molecule has 1 N–H and O–H groups in total. The third-order valence-corrected chi connectivity index (χ3v) is 5.46. The Morgan fingerprint density at radius 2 is 1.79 bits per heavy atom. The average molecular weight is 387 g/mol. The van der Waals surface area contributed by atoms with Crippen LogP contribution in [0.3, 0.4) is 0 Å². The van der Waals surface area contributed by atoms with E-state index in [2.05, 4.69) is 80.6 Å². The number of aromatic amines is 1. The maximum atomic E-state index is 4.80. The first-order valence-electron chi connectivity index (χ1n) is 9.97. The van der Waals surface area contributed by atoms with Gasteiger partial charge in [0.25, 0.3) is 0 Å². The first-order valence-corrected chi connectivity index (χ1v) is 9.97. The van der Waals surface area contributed by atoms with Crippen molar-refractivity contribution in [2.75, 3.05) is 0 Å². The molecule has 0 amide bonds. The van der Waals surface area contributed by atoms with E-state index in [1.54, 1.807) is 0 Å². The van der Waals surface area contributed by atoms with Crippen LogP contribution >= 0.6 is 0 Å². The first-order chi connectivity index (χ1) is 13.6. The number of hydrogen-bond donors (Lipinski definition) is 1. The van der Waals surface area contributed by atoms with Gasteiger partial charge in [-0.15, -0.1) is 0 Å². The van der Waals surface area contributed by atoms with E-state index in [4.69, 9.17) is 9.97 Å². The average Bonchev–Trinajstić information content (AvgIpc) is 3.33. The summed E-state index contributed by atoms with van der Waals surface area (Å²) in [4.78, 5) is 12.9. The highest BCUT2D eigenvalue weighted by molar-refractivity contribution is 5.96. The van der Waals surface area contributed by atoms with Gasteiger partial charge in [-0.2, -0.15) is 5.10 Å². The Morgan fingerprint density at radius 3 is 2.52 bits per heavy atom. The Bertz CT molecular complexity index is 1370. The molecule has 5 rings (SSSR count). The molecule has 0 bridgehead atoms. The molecular formula is C23H26N6. The Kier molecular flexibility index (Phi) is 3.51. The fourth-order valence-electron chi connectivity index (χ4n) is 3.84. The molecule has 148 valence electrons.